The van der Waals surface area contributed by atoms with E-state index in [1.54, 1.807) is 17.0 Å². The zero-order valence-electron chi connectivity index (χ0n) is 15.1. The molecule has 0 fully saturated rings. The van der Waals surface area contributed by atoms with Crippen LogP contribution in [-0.2, 0) is 9.68 Å². The normalized spacial score (nSPS) is 22.1. The van der Waals surface area contributed by atoms with Gasteiger partial charge in [-0.15, -0.1) is 0 Å². The summed E-state index contributed by atoms with van der Waals surface area (Å²) in [6.45, 7) is 0.498. The zero-order chi connectivity index (χ0) is 19.2. The van der Waals surface area contributed by atoms with Gasteiger partial charge in [0.1, 0.15) is 11.7 Å². The van der Waals surface area contributed by atoms with E-state index in [2.05, 4.69) is 26.4 Å². The molecule has 0 aromatic heterocycles. The van der Waals surface area contributed by atoms with Gasteiger partial charge >= 0.3 is 0 Å². The van der Waals surface area contributed by atoms with Gasteiger partial charge < -0.3 is 5.11 Å². The Labute approximate surface area is 166 Å². The number of aliphatic hydroxyl groups excluding tert-OH is 1. The molecule has 0 saturated heterocycles. The summed E-state index contributed by atoms with van der Waals surface area (Å²) in [7, 11) is 1.48. The molecule has 2 N–H and O–H groups in total. The number of halogens is 2. The lowest BCUT2D eigenvalue weighted by molar-refractivity contribution is -0.151. The van der Waals surface area contributed by atoms with Crippen LogP contribution in [-0.4, -0.2) is 35.7 Å². The van der Waals surface area contributed by atoms with E-state index in [1.807, 2.05) is 12.2 Å². The second-order valence-electron chi connectivity index (χ2n) is 6.30. The first kappa shape index (κ1) is 20.2. The summed E-state index contributed by atoms with van der Waals surface area (Å²) in [6, 6.07) is 6.09. The van der Waals surface area contributed by atoms with E-state index in [0.29, 0.717) is 18.7 Å². The highest BCUT2D eigenvalue weighted by atomic mass is 79.9. The number of aliphatic imine (C=N–C) groups is 1. The molecule has 27 heavy (non-hydrogen) atoms. The molecule has 1 aromatic carbocycles. The third-order valence-corrected chi connectivity index (χ3v) is 5.03. The average molecular weight is 440 g/mol. The summed E-state index contributed by atoms with van der Waals surface area (Å²) in [6.07, 6.45) is 6.24. The molecule has 0 spiro atoms. The van der Waals surface area contributed by atoms with Gasteiger partial charge in [0.15, 0.2) is 6.23 Å². The van der Waals surface area contributed by atoms with E-state index in [9.17, 15) is 9.50 Å². The maximum Gasteiger partial charge on any atom is 0.160 e. The van der Waals surface area contributed by atoms with Crippen LogP contribution < -0.4 is 10.5 Å². The minimum absolute atomic E-state index is 0.208. The fourth-order valence-electron chi connectivity index (χ4n) is 3.12. The summed E-state index contributed by atoms with van der Waals surface area (Å²) < 4.78 is 13.3. The van der Waals surface area contributed by atoms with Gasteiger partial charge in [-0.2, -0.15) is 0 Å². The molecule has 0 radical (unpaired) electrons. The number of amidine groups is 1. The molecular weight excluding hydrogens is 417 g/mol. The molecule has 2 aliphatic rings. The van der Waals surface area contributed by atoms with Crippen LogP contribution in [0.5, 0.6) is 0 Å². The van der Waals surface area contributed by atoms with Crippen LogP contribution in [0.25, 0.3) is 0 Å². The van der Waals surface area contributed by atoms with E-state index in [0.717, 1.165) is 36.4 Å². The summed E-state index contributed by atoms with van der Waals surface area (Å²) in [5.41, 5.74) is 4.62. The Balaban J connectivity index is 1.80. The monoisotopic (exact) mass is 439 g/mol. The number of fused-ring (bicyclic) bond motifs is 1. The lowest BCUT2D eigenvalue weighted by Gasteiger charge is -2.38. The molecular formula is C19H23BrFN3O3. The second kappa shape index (κ2) is 9.57. The minimum Gasteiger partial charge on any atom is -0.369 e. The van der Waals surface area contributed by atoms with Crippen LogP contribution in [0.3, 0.4) is 0 Å². The van der Waals surface area contributed by atoms with Crippen LogP contribution in [0, 0.1) is 5.82 Å². The molecule has 2 atom stereocenters. The van der Waals surface area contributed by atoms with Crippen LogP contribution in [0.1, 0.15) is 25.7 Å². The minimum atomic E-state index is -0.847. The molecule has 146 valence electrons. The number of aliphatic hydroxyl groups is 1. The Morgan fingerprint density at radius 2 is 2.11 bits per heavy atom. The molecule has 3 rings (SSSR count). The number of benzene rings is 1. The van der Waals surface area contributed by atoms with Crippen LogP contribution in [0.15, 0.2) is 52.7 Å². The predicted molar refractivity (Wildman–Crippen MR) is 106 cm³/mol. The number of nitrogens with zero attached hydrogens (tertiary/aromatic N) is 2. The van der Waals surface area contributed by atoms with Crippen LogP contribution >= 0.6 is 15.9 Å². The fraction of sp³-hybridized carbons (Fsp3) is 0.421. The van der Waals surface area contributed by atoms with Gasteiger partial charge in [-0.3, -0.25) is 14.6 Å². The highest BCUT2D eigenvalue weighted by Crippen LogP contribution is 2.35. The van der Waals surface area contributed by atoms with Crippen molar-refractivity contribution in [2.45, 2.75) is 36.7 Å². The first-order valence-electron chi connectivity index (χ1n) is 8.86. The van der Waals surface area contributed by atoms with Crippen molar-refractivity contribution in [3.05, 3.63) is 53.5 Å². The van der Waals surface area contributed by atoms with Crippen molar-refractivity contribution >= 4 is 27.5 Å². The van der Waals surface area contributed by atoms with E-state index in [-0.39, 0.29) is 10.6 Å². The molecule has 0 amide bonds. The lowest BCUT2D eigenvalue weighted by atomic mass is 9.98. The average Bonchev–Trinajstić information content (AvgIpc) is 2.65. The molecule has 1 aromatic rings. The van der Waals surface area contributed by atoms with Crippen molar-refractivity contribution < 1.29 is 19.2 Å². The first-order chi connectivity index (χ1) is 13.1. The van der Waals surface area contributed by atoms with Gasteiger partial charge in [-0.05, 0) is 49.6 Å². The molecule has 1 aliphatic heterocycles. The molecule has 1 aliphatic carbocycles. The molecule has 1 heterocycles. The molecule has 0 bridgehead atoms. The molecule has 2 unspecified atom stereocenters. The number of rotatable bonds is 8. The molecule has 6 nitrogen and oxygen atoms in total. The molecule has 8 heteroatoms. The number of anilines is 1. The number of nitrogens with one attached hydrogen (secondary N) is 1. The third-order valence-electron chi connectivity index (χ3n) is 4.39. The van der Waals surface area contributed by atoms with Gasteiger partial charge in [-0.25, -0.2) is 9.38 Å². The second-order valence-corrected chi connectivity index (χ2v) is 7.48. The zero-order valence-corrected chi connectivity index (χ0v) is 16.7. The van der Waals surface area contributed by atoms with Crippen molar-refractivity contribution in [3.63, 3.8) is 0 Å². The van der Waals surface area contributed by atoms with Crippen molar-refractivity contribution in [3.8, 4) is 0 Å². The van der Waals surface area contributed by atoms with Crippen molar-refractivity contribution in [1.29, 1.82) is 0 Å². The summed E-state index contributed by atoms with van der Waals surface area (Å²) >= 11 is 3.58. The predicted octanol–water partition coefficient (Wildman–Crippen LogP) is 3.59. The number of hydrogen-bond acceptors (Lipinski definition) is 6. The fourth-order valence-corrected chi connectivity index (χ4v) is 3.56. The summed E-state index contributed by atoms with van der Waals surface area (Å²) in [5.74, 6) is 0.435. The highest BCUT2D eigenvalue weighted by molar-refractivity contribution is 9.09. The van der Waals surface area contributed by atoms with Crippen LogP contribution in [0.2, 0.25) is 0 Å². The number of alkyl halides is 1. The van der Waals surface area contributed by atoms with Gasteiger partial charge in [0, 0.05) is 22.5 Å². The highest BCUT2D eigenvalue weighted by Gasteiger charge is 2.33. The van der Waals surface area contributed by atoms with Crippen LogP contribution in [0.4, 0.5) is 10.1 Å². The molecule has 0 saturated carbocycles. The first-order valence-corrected chi connectivity index (χ1v) is 9.78. The Morgan fingerprint density at radius 3 is 2.85 bits per heavy atom. The number of allylic oxidation sites excluding steroid dienone is 2. The Kier molecular flexibility index (Phi) is 7.14. The third kappa shape index (κ3) is 5.03. The largest absolute Gasteiger partial charge is 0.369 e. The lowest BCUT2D eigenvalue weighted by Crippen LogP contribution is -2.45. The Morgan fingerprint density at radius 1 is 1.33 bits per heavy atom. The summed E-state index contributed by atoms with van der Waals surface area (Å²) in [4.78, 5) is 16.5. The van der Waals surface area contributed by atoms with E-state index < -0.39 is 6.23 Å². The van der Waals surface area contributed by atoms with Crippen molar-refractivity contribution in [1.82, 2.24) is 5.64 Å². The van der Waals surface area contributed by atoms with Gasteiger partial charge in [-0.1, -0.05) is 27.6 Å². The van der Waals surface area contributed by atoms with Gasteiger partial charge in [0.25, 0.3) is 0 Å². The van der Waals surface area contributed by atoms with Gasteiger partial charge in [0.2, 0.25) is 0 Å². The Hall–Kier alpha value is -1.58. The van der Waals surface area contributed by atoms with E-state index in [1.165, 1.54) is 19.2 Å². The smallest absolute Gasteiger partial charge is 0.160 e. The van der Waals surface area contributed by atoms with E-state index >= 15 is 0 Å². The maximum atomic E-state index is 13.3. The summed E-state index contributed by atoms with van der Waals surface area (Å²) in [5, 5.41) is 11.0. The van der Waals surface area contributed by atoms with Gasteiger partial charge in [0.05, 0.1) is 19.4 Å². The number of hydrogen-bond donors (Lipinski definition) is 2. The van der Waals surface area contributed by atoms with Crippen molar-refractivity contribution in [2.75, 3.05) is 18.6 Å². The maximum absolute atomic E-state index is 13.3. The standard InChI is InChI=1S/C19H23BrFN3O3/c1-26-23-27-11-3-2-4-18-22-17-12-13(20)5-10-16(17)19(25)24(18)15-8-6-14(21)7-9-15/h6-10,12-13,19,23,25H,2-5,11H2,1H3. The SMILES string of the molecule is CONOCCCCC1=NC2=CC(Br)CC=C2C(O)N1c1ccc(F)cc1. The quantitative estimate of drug-likeness (QED) is 0.368. The number of unbranched alkanes of at least 4 members (excludes halogenated alkanes) is 1. The topological polar surface area (TPSA) is 66.3 Å². The Bertz CT molecular complexity index is 736. The van der Waals surface area contributed by atoms with Crippen molar-refractivity contribution in [2.24, 2.45) is 4.99 Å². The van der Waals surface area contributed by atoms with E-state index in [4.69, 9.17) is 9.83 Å².